The molecule has 2 aromatic heterocycles. The molecule has 4 nitrogen and oxygen atoms in total. The fourth-order valence-corrected chi connectivity index (χ4v) is 3.31. The highest BCUT2D eigenvalue weighted by molar-refractivity contribution is 7.98. The summed E-state index contributed by atoms with van der Waals surface area (Å²) in [7, 11) is 0. The number of thioether (sulfide) groups is 1. The number of rotatable bonds is 2. The summed E-state index contributed by atoms with van der Waals surface area (Å²) in [5.74, 6) is 0.508. The summed E-state index contributed by atoms with van der Waals surface area (Å²) in [5.41, 5.74) is 7.80. The predicted molar refractivity (Wildman–Crippen MR) is 73.4 cm³/mol. The van der Waals surface area contributed by atoms with Crippen LogP contribution in [0.25, 0.3) is 20.8 Å². The molecule has 0 unspecified atom stereocenters. The zero-order valence-electron chi connectivity index (χ0n) is 9.10. The lowest BCUT2D eigenvalue weighted by molar-refractivity contribution is 1.01. The predicted octanol–water partition coefficient (Wildman–Crippen LogP) is 2.99. The van der Waals surface area contributed by atoms with E-state index in [1.54, 1.807) is 23.1 Å². The van der Waals surface area contributed by atoms with E-state index in [0.717, 1.165) is 25.8 Å². The van der Waals surface area contributed by atoms with Crippen LogP contribution in [0, 0.1) is 0 Å². The Hall–Kier alpha value is -1.53. The quantitative estimate of drug-likeness (QED) is 0.697. The molecule has 3 rings (SSSR count). The number of aromatic nitrogens is 3. The van der Waals surface area contributed by atoms with Crippen molar-refractivity contribution in [3.8, 4) is 10.6 Å². The van der Waals surface area contributed by atoms with E-state index in [0.29, 0.717) is 5.82 Å². The van der Waals surface area contributed by atoms with Gasteiger partial charge in [-0.05, 0) is 18.4 Å². The van der Waals surface area contributed by atoms with E-state index in [1.807, 2.05) is 24.5 Å². The number of hydrogen-bond donors (Lipinski definition) is 2. The molecular weight excluding hydrogens is 252 g/mol. The van der Waals surface area contributed by atoms with Crippen molar-refractivity contribution in [3.05, 3.63) is 24.3 Å². The Morgan fingerprint density at radius 2 is 2.18 bits per heavy atom. The molecule has 0 aliphatic heterocycles. The van der Waals surface area contributed by atoms with Crippen molar-refractivity contribution in [2.75, 3.05) is 12.0 Å². The second-order valence-corrected chi connectivity index (χ2v) is 5.35. The first kappa shape index (κ1) is 10.6. The van der Waals surface area contributed by atoms with Crippen molar-refractivity contribution in [1.82, 2.24) is 15.2 Å². The van der Waals surface area contributed by atoms with Crippen molar-refractivity contribution in [2.24, 2.45) is 0 Å². The molecule has 0 amide bonds. The number of nitrogens with one attached hydrogen (secondary N) is 1. The topological polar surface area (TPSA) is 67.6 Å². The number of nitrogens with zero attached hydrogens (tertiary/aromatic N) is 2. The van der Waals surface area contributed by atoms with Gasteiger partial charge in [0.1, 0.15) is 10.0 Å². The van der Waals surface area contributed by atoms with Gasteiger partial charge in [-0.15, -0.1) is 23.1 Å². The highest BCUT2D eigenvalue weighted by Crippen LogP contribution is 2.37. The zero-order chi connectivity index (χ0) is 11.8. The van der Waals surface area contributed by atoms with E-state index >= 15 is 0 Å². The maximum absolute atomic E-state index is 5.88. The second-order valence-electron chi connectivity index (χ2n) is 3.50. The summed E-state index contributed by atoms with van der Waals surface area (Å²) in [6.07, 6.45) is 1.99. The van der Waals surface area contributed by atoms with Crippen molar-refractivity contribution in [3.63, 3.8) is 0 Å². The van der Waals surface area contributed by atoms with Gasteiger partial charge in [0.15, 0.2) is 5.82 Å². The molecule has 0 aliphatic rings. The van der Waals surface area contributed by atoms with E-state index in [9.17, 15) is 0 Å². The van der Waals surface area contributed by atoms with Crippen molar-refractivity contribution in [2.45, 2.75) is 5.03 Å². The Balaban J connectivity index is 2.23. The summed E-state index contributed by atoms with van der Waals surface area (Å²) in [6.45, 7) is 0. The summed E-state index contributed by atoms with van der Waals surface area (Å²) in [5, 5.41) is 8.83. The van der Waals surface area contributed by atoms with E-state index < -0.39 is 0 Å². The summed E-state index contributed by atoms with van der Waals surface area (Å²) in [6, 6.07) is 8.06. The van der Waals surface area contributed by atoms with Crippen LogP contribution in [-0.4, -0.2) is 21.4 Å². The van der Waals surface area contributed by atoms with E-state index in [4.69, 9.17) is 5.73 Å². The molecule has 0 saturated carbocycles. The molecule has 0 atom stereocenters. The van der Waals surface area contributed by atoms with Crippen LogP contribution in [0.4, 0.5) is 5.82 Å². The molecule has 17 heavy (non-hydrogen) atoms. The highest BCUT2D eigenvalue weighted by Gasteiger charge is 2.16. The molecule has 0 bridgehead atoms. The number of H-pyrrole nitrogens is 1. The summed E-state index contributed by atoms with van der Waals surface area (Å²) < 4.78 is 1.16. The Bertz CT molecular complexity index is 638. The van der Waals surface area contributed by atoms with E-state index in [1.165, 1.54) is 0 Å². The van der Waals surface area contributed by atoms with Gasteiger partial charge in [-0.25, -0.2) is 4.98 Å². The molecule has 0 radical (unpaired) electrons. The van der Waals surface area contributed by atoms with Crippen molar-refractivity contribution in [1.29, 1.82) is 0 Å². The SMILES string of the molecule is CSc1[nH]nc(N)c1-c1nc2ccccc2s1. The van der Waals surface area contributed by atoms with Crippen LogP contribution in [0.3, 0.4) is 0 Å². The van der Waals surface area contributed by atoms with Crippen LogP contribution in [0.1, 0.15) is 0 Å². The minimum atomic E-state index is 0.508. The number of benzene rings is 1. The molecule has 86 valence electrons. The van der Waals surface area contributed by atoms with Gasteiger partial charge in [-0.2, -0.15) is 5.10 Å². The number of anilines is 1. The summed E-state index contributed by atoms with van der Waals surface area (Å²) in [4.78, 5) is 4.59. The van der Waals surface area contributed by atoms with Crippen LogP contribution >= 0.6 is 23.1 Å². The molecule has 0 spiro atoms. The minimum Gasteiger partial charge on any atom is -0.382 e. The number of nitrogens with two attached hydrogens (primary N) is 1. The van der Waals surface area contributed by atoms with Crippen molar-refractivity contribution < 1.29 is 0 Å². The molecule has 0 fully saturated rings. The van der Waals surface area contributed by atoms with Crippen LogP contribution in [0.5, 0.6) is 0 Å². The average molecular weight is 262 g/mol. The van der Waals surface area contributed by atoms with Gasteiger partial charge in [0.2, 0.25) is 0 Å². The molecule has 1 aromatic carbocycles. The standard InChI is InChI=1S/C11H10N4S2/c1-16-11-8(9(12)14-15-11)10-13-6-4-2-3-5-7(6)17-10/h2-5H,1H3,(H3,12,14,15). The fraction of sp³-hybridized carbons (Fsp3) is 0.0909. The molecule has 3 N–H and O–H groups in total. The van der Waals surface area contributed by atoms with Gasteiger partial charge >= 0.3 is 0 Å². The first-order valence-corrected chi connectivity index (χ1v) is 7.07. The van der Waals surface area contributed by atoms with Gasteiger partial charge < -0.3 is 5.73 Å². The van der Waals surface area contributed by atoms with Gasteiger partial charge in [-0.3, -0.25) is 5.10 Å². The third kappa shape index (κ3) is 1.69. The molecule has 0 aliphatic carbocycles. The lowest BCUT2D eigenvalue weighted by Crippen LogP contribution is -1.87. The first-order valence-electron chi connectivity index (χ1n) is 5.03. The Morgan fingerprint density at radius 3 is 2.94 bits per heavy atom. The Morgan fingerprint density at radius 1 is 1.35 bits per heavy atom. The number of nitrogen functional groups attached to an aromatic ring is 1. The number of hydrogen-bond acceptors (Lipinski definition) is 5. The molecule has 2 heterocycles. The lowest BCUT2D eigenvalue weighted by Gasteiger charge is -1.95. The number of fused-ring (bicyclic) bond motifs is 1. The maximum Gasteiger partial charge on any atom is 0.156 e. The van der Waals surface area contributed by atoms with Crippen LogP contribution in [-0.2, 0) is 0 Å². The maximum atomic E-state index is 5.88. The number of thiazole rings is 1. The Labute approximate surface area is 106 Å². The van der Waals surface area contributed by atoms with Crippen LogP contribution in [0.15, 0.2) is 29.3 Å². The van der Waals surface area contributed by atoms with Gasteiger partial charge in [0.05, 0.1) is 15.8 Å². The van der Waals surface area contributed by atoms with E-state index in [-0.39, 0.29) is 0 Å². The van der Waals surface area contributed by atoms with E-state index in [2.05, 4.69) is 21.2 Å². The monoisotopic (exact) mass is 262 g/mol. The minimum absolute atomic E-state index is 0.508. The largest absolute Gasteiger partial charge is 0.382 e. The van der Waals surface area contributed by atoms with Crippen LogP contribution in [0.2, 0.25) is 0 Å². The number of para-hydroxylation sites is 1. The highest BCUT2D eigenvalue weighted by atomic mass is 32.2. The molecule has 0 saturated heterocycles. The lowest BCUT2D eigenvalue weighted by atomic mass is 10.3. The Kier molecular flexibility index (Phi) is 2.53. The van der Waals surface area contributed by atoms with Gasteiger partial charge in [-0.1, -0.05) is 12.1 Å². The normalized spacial score (nSPS) is 11.1. The van der Waals surface area contributed by atoms with Gasteiger partial charge in [0, 0.05) is 0 Å². The second kappa shape index (κ2) is 4.05. The third-order valence-electron chi connectivity index (χ3n) is 2.47. The average Bonchev–Trinajstić information content (AvgIpc) is 2.91. The fourth-order valence-electron chi connectivity index (χ4n) is 1.67. The third-order valence-corrected chi connectivity index (χ3v) is 4.23. The summed E-state index contributed by atoms with van der Waals surface area (Å²) >= 11 is 3.22. The molecule has 6 heteroatoms. The molecule has 3 aromatic rings. The number of aromatic amines is 1. The van der Waals surface area contributed by atoms with Crippen LogP contribution < -0.4 is 5.73 Å². The van der Waals surface area contributed by atoms with Gasteiger partial charge in [0.25, 0.3) is 0 Å². The van der Waals surface area contributed by atoms with Crippen molar-refractivity contribution >= 4 is 39.1 Å². The zero-order valence-corrected chi connectivity index (χ0v) is 10.7. The smallest absolute Gasteiger partial charge is 0.156 e. The molecular formula is C11H10N4S2. The first-order chi connectivity index (χ1) is 8.29.